The van der Waals surface area contributed by atoms with Crippen LogP contribution in [0.15, 0.2) is 42.9 Å². The SMILES string of the molecule is Cc1cc(-c2ccncc2N2CCC(N(C)C(=O)O)C2=O)ccc1CNC(=O)c1cn(C(C)(C)C)nn1. The Morgan fingerprint density at radius 2 is 2.00 bits per heavy atom. The molecule has 0 radical (unpaired) electrons. The summed E-state index contributed by atoms with van der Waals surface area (Å²) in [6.07, 6.45) is 4.20. The first kappa shape index (κ1) is 25.8. The van der Waals surface area contributed by atoms with E-state index >= 15 is 0 Å². The van der Waals surface area contributed by atoms with Crippen molar-refractivity contribution < 1.29 is 19.5 Å². The Bertz CT molecular complexity index is 1340. The molecule has 1 aromatic carbocycles. The number of benzene rings is 1. The lowest BCUT2D eigenvalue weighted by Gasteiger charge is -2.23. The Morgan fingerprint density at radius 1 is 1.24 bits per heavy atom. The van der Waals surface area contributed by atoms with Gasteiger partial charge in [0, 0.05) is 31.9 Å². The molecule has 11 nitrogen and oxygen atoms in total. The summed E-state index contributed by atoms with van der Waals surface area (Å²) in [6.45, 7) is 8.63. The molecule has 2 aromatic heterocycles. The lowest BCUT2D eigenvalue weighted by molar-refractivity contribution is -0.120. The van der Waals surface area contributed by atoms with Gasteiger partial charge in [0.15, 0.2) is 5.69 Å². The number of nitrogens with one attached hydrogen (secondary N) is 1. The fourth-order valence-corrected chi connectivity index (χ4v) is 4.27. The van der Waals surface area contributed by atoms with Crippen molar-refractivity contribution in [1.82, 2.24) is 30.2 Å². The van der Waals surface area contributed by atoms with Gasteiger partial charge in [0.1, 0.15) is 6.04 Å². The molecule has 1 atom stereocenters. The molecule has 1 fully saturated rings. The number of hydrogen-bond donors (Lipinski definition) is 2. The third-order valence-electron chi connectivity index (χ3n) is 6.54. The molecule has 0 spiro atoms. The van der Waals surface area contributed by atoms with E-state index in [2.05, 4.69) is 20.6 Å². The van der Waals surface area contributed by atoms with Gasteiger partial charge in [-0.3, -0.25) is 19.5 Å². The first-order valence-electron chi connectivity index (χ1n) is 12.0. The van der Waals surface area contributed by atoms with Crippen LogP contribution in [0.4, 0.5) is 10.5 Å². The maximum Gasteiger partial charge on any atom is 0.407 e. The number of nitrogens with zero attached hydrogens (tertiary/aromatic N) is 6. The lowest BCUT2D eigenvalue weighted by Crippen LogP contribution is -2.42. The number of carboxylic acid groups (broad SMARTS) is 1. The number of pyridine rings is 1. The van der Waals surface area contributed by atoms with Gasteiger partial charge in [0.2, 0.25) is 5.91 Å². The first-order chi connectivity index (χ1) is 17.5. The summed E-state index contributed by atoms with van der Waals surface area (Å²) >= 11 is 0. The van der Waals surface area contributed by atoms with Crippen molar-refractivity contribution in [3.8, 4) is 11.1 Å². The van der Waals surface area contributed by atoms with Gasteiger partial charge in [-0.1, -0.05) is 23.4 Å². The quantitative estimate of drug-likeness (QED) is 0.526. The van der Waals surface area contributed by atoms with E-state index in [9.17, 15) is 19.5 Å². The molecule has 2 N–H and O–H groups in total. The van der Waals surface area contributed by atoms with Gasteiger partial charge < -0.3 is 15.3 Å². The van der Waals surface area contributed by atoms with Gasteiger partial charge in [-0.05, 0) is 56.9 Å². The highest BCUT2D eigenvalue weighted by atomic mass is 16.4. The third-order valence-corrected chi connectivity index (χ3v) is 6.54. The maximum absolute atomic E-state index is 13.0. The molecular formula is C26H31N7O4. The minimum absolute atomic E-state index is 0.257. The van der Waals surface area contributed by atoms with E-state index in [1.165, 1.54) is 7.05 Å². The molecule has 0 aliphatic carbocycles. The molecule has 1 aliphatic heterocycles. The Morgan fingerprint density at radius 3 is 2.65 bits per heavy atom. The number of amides is 3. The number of anilines is 1. The van der Waals surface area contributed by atoms with E-state index in [0.29, 0.717) is 25.2 Å². The van der Waals surface area contributed by atoms with E-state index in [4.69, 9.17) is 0 Å². The van der Waals surface area contributed by atoms with Crippen molar-refractivity contribution in [3.63, 3.8) is 0 Å². The van der Waals surface area contributed by atoms with Crippen LogP contribution in [0, 0.1) is 6.92 Å². The Balaban J connectivity index is 1.50. The van der Waals surface area contributed by atoms with E-state index in [0.717, 1.165) is 27.2 Å². The van der Waals surface area contributed by atoms with Crippen molar-refractivity contribution in [1.29, 1.82) is 0 Å². The molecule has 11 heteroatoms. The highest BCUT2D eigenvalue weighted by Crippen LogP contribution is 2.34. The Labute approximate surface area is 215 Å². The second kappa shape index (κ2) is 10.00. The highest BCUT2D eigenvalue weighted by molar-refractivity contribution is 6.03. The summed E-state index contributed by atoms with van der Waals surface area (Å²) in [5, 5.41) is 20.2. The van der Waals surface area contributed by atoms with E-state index < -0.39 is 12.1 Å². The van der Waals surface area contributed by atoms with Gasteiger partial charge in [-0.15, -0.1) is 5.10 Å². The van der Waals surface area contributed by atoms with Crippen LogP contribution in [0.1, 0.15) is 48.8 Å². The van der Waals surface area contributed by atoms with Crippen LogP contribution in [0.25, 0.3) is 11.1 Å². The number of carbonyl (C=O) groups is 3. The zero-order valence-corrected chi connectivity index (χ0v) is 21.6. The molecule has 1 saturated heterocycles. The summed E-state index contributed by atoms with van der Waals surface area (Å²) in [6, 6.07) is 6.99. The number of likely N-dealkylation sites (N-methyl/N-ethyl adjacent to an activating group) is 1. The van der Waals surface area contributed by atoms with Crippen LogP contribution in [0.5, 0.6) is 0 Å². The average molecular weight is 506 g/mol. The van der Waals surface area contributed by atoms with Crippen molar-refractivity contribution in [2.45, 2.75) is 52.2 Å². The second-order valence-electron chi connectivity index (χ2n) is 10.1. The van der Waals surface area contributed by atoms with E-state index in [-0.39, 0.29) is 23.0 Å². The summed E-state index contributed by atoms with van der Waals surface area (Å²) in [4.78, 5) is 43.8. The smallest absolute Gasteiger partial charge is 0.407 e. The number of carbonyl (C=O) groups excluding carboxylic acids is 2. The Kier molecular flexibility index (Phi) is 6.97. The zero-order chi connectivity index (χ0) is 26.9. The van der Waals surface area contributed by atoms with E-state index in [1.54, 1.807) is 28.2 Å². The molecule has 3 aromatic rings. The average Bonchev–Trinajstić information content (AvgIpc) is 3.50. The molecular weight excluding hydrogens is 474 g/mol. The summed E-state index contributed by atoms with van der Waals surface area (Å²) < 4.78 is 1.65. The Hall–Kier alpha value is -4.28. The molecule has 194 valence electrons. The van der Waals surface area contributed by atoms with Crippen molar-refractivity contribution >= 4 is 23.6 Å². The van der Waals surface area contributed by atoms with Crippen LogP contribution in [0.2, 0.25) is 0 Å². The van der Waals surface area contributed by atoms with Crippen LogP contribution in [-0.4, -0.2) is 67.5 Å². The van der Waals surface area contributed by atoms with Crippen molar-refractivity contribution in [2.24, 2.45) is 0 Å². The van der Waals surface area contributed by atoms with Crippen molar-refractivity contribution in [3.05, 3.63) is 59.7 Å². The lowest BCUT2D eigenvalue weighted by atomic mass is 9.99. The zero-order valence-electron chi connectivity index (χ0n) is 21.6. The maximum atomic E-state index is 13.0. The van der Waals surface area contributed by atoms with E-state index in [1.807, 2.05) is 52.0 Å². The minimum Gasteiger partial charge on any atom is -0.465 e. The monoisotopic (exact) mass is 505 g/mol. The molecule has 1 aliphatic rings. The highest BCUT2D eigenvalue weighted by Gasteiger charge is 2.38. The molecule has 0 saturated carbocycles. The molecule has 1 unspecified atom stereocenters. The number of aryl methyl sites for hydroxylation is 1. The van der Waals surface area contributed by atoms with Gasteiger partial charge in [-0.2, -0.15) is 0 Å². The van der Waals surface area contributed by atoms with Crippen LogP contribution >= 0.6 is 0 Å². The fourth-order valence-electron chi connectivity index (χ4n) is 4.27. The molecule has 3 amide bonds. The predicted octanol–water partition coefficient (Wildman–Crippen LogP) is 3.05. The standard InChI is InChI=1S/C26H31N7O4/c1-16-12-17(6-7-18(16)13-28-23(34)20-15-33(30-29-20)26(2,3)4)19-8-10-27-14-22(19)32-11-9-21(24(32)35)31(5)25(36)37/h6-8,10,12,14-15,21H,9,11,13H2,1-5H3,(H,28,34)(H,36,37). The molecule has 4 rings (SSSR count). The van der Waals surface area contributed by atoms with Crippen LogP contribution < -0.4 is 10.2 Å². The van der Waals surface area contributed by atoms with Gasteiger partial charge >= 0.3 is 6.09 Å². The normalized spacial score (nSPS) is 15.6. The van der Waals surface area contributed by atoms with Crippen LogP contribution in [-0.2, 0) is 16.9 Å². The largest absolute Gasteiger partial charge is 0.465 e. The third kappa shape index (κ3) is 5.30. The second-order valence-corrected chi connectivity index (χ2v) is 10.1. The molecule has 0 bridgehead atoms. The fraction of sp³-hybridized carbons (Fsp3) is 0.385. The number of hydrogen-bond acceptors (Lipinski definition) is 6. The van der Waals surface area contributed by atoms with Crippen molar-refractivity contribution in [2.75, 3.05) is 18.5 Å². The van der Waals surface area contributed by atoms with Gasteiger partial charge in [0.25, 0.3) is 5.91 Å². The van der Waals surface area contributed by atoms with Gasteiger partial charge in [0.05, 0.1) is 23.6 Å². The predicted molar refractivity (Wildman–Crippen MR) is 137 cm³/mol. The topological polar surface area (TPSA) is 134 Å². The van der Waals surface area contributed by atoms with Crippen LogP contribution in [0.3, 0.4) is 0 Å². The first-order valence-corrected chi connectivity index (χ1v) is 12.0. The number of aromatic nitrogens is 4. The summed E-state index contributed by atoms with van der Waals surface area (Å²) in [7, 11) is 1.41. The number of rotatable bonds is 6. The summed E-state index contributed by atoms with van der Waals surface area (Å²) in [5.41, 5.74) is 4.24. The summed E-state index contributed by atoms with van der Waals surface area (Å²) in [5.74, 6) is -0.567. The van der Waals surface area contributed by atoms with Gasteiger partial charge in [-0.25, -0.2) is 9.48 Å². The minimum atomic E-state index is -1.14. The molecule has 37 heavy (non-hydrogen) atoms. The molecule has 3 heterocycles.